The van der Waals surface area contributed by atoms with Crippen molar-refractivity contribution in [1.82, 2.24) is 5.32 Å². The lowest BCUT2D eigenvalue weighted by atomic mass is 10.1. The highest BCUT2D eigenvalue weighted by Crippen LogP contribution is 2.27. The van der Waals surface area contributed by atoms with E-state index in [-0.39, 0.29) is 10.7 Å². The van der Waals surface area contributed by atoms with Gasteiger partial charge in [0.1, 0.15) is 11.3 Å². The number of ether oxygens (including phenoxy) is 1. The molecule has 1 heterocycles. The summed E-state index contributed by atoms with van der Waals surface area (Å²) in [5.41, 5.74) is 1.32. The molecule has 2 amide bonds. The predicted molar refractivity (Wildman–Crippen MR) is 121 cm³/mol. The lowest BCUT2D eigenvalue weighted by Crippen LogP contribution is -2.54. The van der Waals surface area contributed by atoms with Gasteiger partial charge in [0.15, 0.2) is 5.11 Å². The average molecular weight is 557 g/mol. The van der Waals surface area contributed by atoms with Gasteiger partial charge in [-0.3, -0.25) is 19.8 Å². The number of amides is 2. The van der Waals surface area contributed by atoms with Crippen molar-refractivity contribution in [3.8, 4) is 5.75 Å². The second-order valence-electron chi connectivity index (χ2n) is 5.56. The molecule has 138 valence electrons. The van der Waals surface area contributed by atoms with E-state index in [1.165, 1.54) is 4.90 Å². The van der Waals surface area contributed by atoms with Crippen molar-refractivity contribution in [1.29, 1.82) is 0 Å². The molecule has 0 saturated carbocycles. The number of carbonyl (C=O) groups is 2. The van der Waals surface area contributed by atoms with Crippen molar-refractivity contribution < 1.29 is 14.3 Å². The van der Waals surface area contributed by atoms with E-state index in [9.17, 15) is 9.59 Å². The van der Waals surface area contributed by atoms with Gasteiger partial charge in [-0.05, 0) is 83.7 Å². The van der Waals surface area contributed by atoms with Crippen molar-refractivity contribution >= 4 is 79.4 Å². The Hall–Kier alpha value is -1.78. The highest BCUT2D eigenvalue weighted by atomic mass is 127. The van der Waals surface area contributed by atoms with Crippen LogP contribution in [0.3, 0.4) is 0 Å². The molecule has 0 bridgehead atoms. The predicted octanol–water partition coefficient (Wildman–Crippen LogP) is 4.28. The van der Waals surface area contributed by atoms with Gasteiger partial charge in [-0.2, -0.15) is 0 Å². The maximum absolute atomic E-state index is 13.0. The molecule has 27 heavy (non-hydrogen) atoms. The Morgan fingerprint density at radius 3 is 2.70 bits per heavy atom. The molecule has 0 atom stereocenters. The van der Waals surface area contributed by atoms with E-state index >= 15 is 0 Å². The van der Waals surface area contributed by atoms with E-state index in [0.29, 0.717) is 12.3 Å². The van der Waals surface area contributed by atoms with Crippen LogP contribution in [0, 0.1) is 3.57 Å². The number of benzene rings is 2. The van der Waals surface area contributed by atoms with Crippen LogP contribution in [0.5, 0.6) is 5.75 Å². The summed E-state index contributed by atoms with van der Waals surface area (Å²) in [5, 5.41) is 2.64. The molecule has 3 rings (SSSR count). The lowest BCUT2D eigenvalue weighted by molar-refractivity contribution is -0.122. The first-order valence-electron chi connectivity index (χ1n) is 8.00. The molecule has 1 saturated heterocycles. The van der Waals surface area contributed by atoms with E-state index in [1.807, 2.05) is 25.1 Å². The first-order valence-corrected chi connectivity index (χ1v) is 10.3. The van der Waals surface area contributed by atoms with E-state index in [2.05, 4.69) is 43.8 Å². The Morgan fingerprint density at radius 1 is 1.26 bits per heavy atom. The van der Waals surface area contributed by atoms with Gasteiger partial charge in [-0.25, -0.2) is 0 Å². The molecule has 0 aliphatic carbocycles. The van der Waals surface area contributed by atoms with Gasteiger partial charge in [-0.15, -0.1) is 0 Å². The number of thiocarbonyl (C=S) groups is 1. The Kier molecular flexibility index (Phi) is 6.28. The number of carbonyl (C=O) groups excluding carboxylic acids is 2. The molecule has 0 radical (unpaired) electrons. The van der Waals surface area contributed by atoms with Crippen molar-refractivity contribution in [3.05, 3.63) is 61.6 Å². The number of hydrogen-bond donors (Lipinski definition) is 1. The summed E-state index contributed by atoms with van der Waals surface area (Å²) in [5.74, 6) is -0.220. The number of nitrogens with one attached hydrogen (secondary N) is 1. The quantitative estimate of drug-likeness (QED) is 0.264. The van der Waals surface area contributed by atoms with Crippen LogP contribution in [-0.2, 0) is 9.59 Å². The summed E-state index contributed by atoms with van der Waals surface area (Å²) < 4.78 is 7.22. The van der Waals surface area contributed by atoms with E-state index < -0.39 is 11.8 Å². The number of nitrogens with zero attached hydrogens (tertiary/aromatic N) is 1. The van der Waals surface area contributed by atoms with Crippen LogP contribution in [0.25, 0.3) is 6.08 Å². The van der Waals surface area contributed by atoms with Crippen molar-refractivity contribution in [3.63, 3.8) is 0 Å². The SMILES string of the molecule is CCOc1ccc(/C=C2\C(=O)NC(=S)N(c3cccc(Br)c3)C2=O)cc1I. The Labute approximate surface area is 184 Å². The van der Waals surface area contributed by atoms with Gasteiger partial charge in [0.05, 0.1) is 15.9 Å². The lowest BCUT2D eigenvalue weighted by Gasteiger charge is -2.29. The van der Waals surface area contributed by atoms with E-state index in [0.717, 1.165) is 19.4 Å². The Morgan fingerprint density at radius 2 is 2.04 bits per heavy atom. The molecule has 1 aliphatic rings. The minimum absolute atomic E-state index is 0.0172. The molecule has 1 aliphatic heterocycles. The van der Waals surface area contributed by atoms with Crippen LogP contribution in [0.2, 0.25) is 0 Å². The maximum atomic E-state index is 13.0. The monoisotopic (exact) mass is 556 g/mol. The van der Waals surface area contributed by atoms with Gasteiger partial charge < -0.3 is 4.74 Å². The van der Waals surface area contributed by atoms with Crippen LogP contribution < -0.4 is 15.0 Å². The van der Waals surface area contributed by atoms with Crippen LogP contribution in [0.15, 0.2) is 52.5 Å². The number of hydrogen-bond acceptors (Lipinski definition) is 4. The van der Waals surface area contributed by atoms with Crippen molar-refractivity contribution in [2.75, 3.05) is 11.5 Å². The summed E-state index contributed by atoms with van der Waals surface area (Å²) in [7, 11) is 0. The first kappa shape index (κ1) is 20.0. The van der Waals surface area contributed by atoms with Crippen LogP contribution in [0.1, 0.15) is 12.5 Å². The van der Waals surface area contributed by atoms with Gasteiger partial charge >= 0.3 is 0 Å². The van der Waals surface area contributed by atoms with Crippen LogP contribution >= 0.6 is 50.7 Å². The molecule has 8 heteroatoms. The molecule has 0 spiro atoms. The number of rotatable bonds is 4. The molecule has 2 aromatic rings. The van der Waals surface area contributed by atoms with Crippen LogP contribution in [-0.4, -0.2) is 23.5 Å². The second-order valence-corrected chi connectivity index (χ2v) is 8.03. The fourth-order valence-electron chi connectivity index (χ4n) is 2.55. The molecule has 1 fully saturated rings. The fraction of sp³-hybridized carbons (Fsp3) is 0.105. The Balaban J connectivity index is 1.98. The molecule has 1 N–H and O–H groups in total. The zero-order chi connectivity index (χ0) is 19.6. The normalized spacial score (nSPS) is 15.9. The molecule has 0 unspecified atom stereocenters. The minimum Gasteiger partial charge on any atom is -0.493 e. The van der Waals surface area contributed by atoms with Gasteiger partial charge in [0.25, 0.3) is 11.8 Å². The van der Waals surface area contributed by atoms with Crippen LogP contribution in [0.4, 0.5) is 5.69 Å². The maximum Gasteiger partial charge on any atom is 0.270 e. The zero-order valence-corrected chi connectivity index (χ0v) is 18.7. The third kappa shape index (κ3) is 4.39. The summed E-state index contributed by atoms with van der Waals surface area (Å²) >= 11 is 10.7. The summed E-state index contributed by atoms with van der Waals surface area (Å²) in [6.07, 6.45) is 1.56. The number of halogens is 2. The van der Waals surface area contributed by atoms with Crippen molar-refractivity contribution in [2.24, 2.45) is 0 Å². The average Bonchev–Trinajstić information content (AvgIpc) is 2.61. The first-order chi connectivity index (χ1) is 12.9. The summed E-state index contributed by atoms with van der Waals surface area (Å²) in [6, 6.07) is 12.6. The molecule has 5 nitrogen and oxygen atoms in total. The number of anilines is 1. The fourth-order valence-corrected chi connectivity index (χ4v) is 3.92. The molecular weight excluding hydrogens is 543 g/mol. The Bertz CT molecular complexity index is 977. The molecule has 0 aromatic heterocycles. The third-order valence-electron chi connectivity index (χ3n) is 3.73. The summed E-state index contributed by atoms with van der Waals surface area (Å²) in [6.45, 7) is 2.48. The highest BCUT2D eigenvalue weighted by Gasteiger charge is 2.34. The smallest absolute Gasteiger partial charge is 0.270 e. The topological polar surface area (TPSA) is 58.6 Å². The molecule has 2 aromatic carbocycles. The van der Waals surface area contributed by atoms with Gasteiger partial charge in [-0.1, -0.05) is 28.1 Å². The third-order valence-corrected chi connectivity index (χ3v) is 5.36. The van der Waals surface area contributed by atoms with Crippen molar-refractivity contribution in [2.45, 2.75) is 6.92 Å². The highest BCUT2D eigenvalue weighted by molar-refractivity contribution is 14.1. The summed E-state index contributed by atoms with van der Waals surface area (Å²) in [4.78, 5) is 26.7. The molecular formula is C19H14BrIN2O3S. The van der Waals surface area contributed by atoms with E-state index in [4.69, 9.17) is 17.0 Å². The zero-order valence-electron chi connectivity index (χ0n) is 14.2. The minimum atomic E-state index is -0.514. The van der Waals surface area contributed by atoms with Gasteiger partial charge in [0, 0.05) is 4.47 Å². The van der Waals surface area contributed by atoms with Gasteiger partial charge in [0.2, 0.25) is 0 Å². The van der Waals surface area contributed by atoms with E-state index in [1.54, 1.807) is 30.3 Å². The second kappa shape index (κ2) is 8.49. The standard InChI is InChI=1S/C19H14BrIN2O3S/c1-2-26-16-7-6-11(9-15(16)21)8-14-17(24)22-19(27)23(18(14)25)13-5-3-4-12(20)10-13/h3-10H,2H2,1H3,(H,22,24,27)/b14-8+. The largest absolute Gasteiger partial charge is 0.493 e.